The molecule has 1 N–H and O–H groups in total. The summed E-state index contributed by atoms with van der Waals surface area (Å²) in [4.78, 5) is 42.3. The molecule has 0 spiro atoms. The van der Waals surface area contributed by atoms with E-state index in [2.05, 4.69) is 20.3 Å². The first kappa shape index (κ1) is 22.7. The molecule has 1 fully saturated rings. The van der Waals surface area contributed by atoms with E-state index in [4.69, 9.17) is 0 Å². The highest BCUT2D eigenvalue weighted by molar-refractivity contribution is 6.12. The number of aliphatic imine (C=N–C) groups is 1. The number of aryl methyl sites for hydroxylation is 1. The van der Waals surface area contributed by atoms with Crippen LogP contribution in [-0.4, -0.2) is 59.1 Å². The molecule has 178 valence electrons. The van der Waals surface area contributed by atoms with Crippen LogP contribution < -0.4 is 10.2 Å². The van der Waals surface area contributed by atoms with Crippen molar-refractivity contribution in [3.05, 3.63) is 82.9 Å². The smallest absolute Gasteiger partial charge is 0.259 e. The SMILES string of the molecule is C/N=C/c1ccc2c(c1)C(C)(C)N(c1cncc(NC3CN(C(=O)c4cnccc4C)C3)c1)C2=O. The molecule has 3 aromatic rings. The molecule has 35 heavy (non-hydrogen) atoms. The van der Waals surface area contributed by atoms with Gasteiger partial charge in [-0.1, -0.05) is 6.07 Å². The molecular weight excluding hydrogens is 440 g/mol. The normalized spacial score (nSPS) is 17.0. The van der Waals surface area contributed by atoms with E-state index >= 15 is 0 Å². The van der Waals surface area contributed by atoms with Gasteiger partial charge in [-0.15, -0.1) is 0 Å². The summed E-state index contributed by atoms with van der Waals surface area (Å²) in [6.45, 7) is 7.19. The maximum Gasteiger partial charge on any atom is 0.259 e. The lowest BCUT2D eigenvalue weighted by Gasteiger charge is -2.40. The number of likely N-dealkylation sites (tertiary alicyclic amines) is 1. The fraction of sp³-hybridized carbons (Fsp3) is 0.296. The third kappa shape index (κ3) is 3.95. The van der Waals surface area contributed by atoms with Gasteiger partial charge in [-0.05, 0) is 61.7 Å². The molecule has 0 atom stereocenters. The van der Waals surface area contributed by atoms with Gasteiger partial charge in [0.1, 0.15) is 0 Å². The number of hydrogen-bond acceptors (Lipinski definition) is 6. The minimum Gasteiger partial charge on any atom is -0.377 e. The third-order valence-corrected chi connectivity index (χ3v) is 6.76. The lowest BCUT2D eigenvalue weighted by Crippen LogP contribution is -2.57. The number of carbonyl (C=O) groups is 2. The first-order chi connectivity index (χ1) is 16.8. The van der Waals surface area contributed by atoms with Crippen LogP contribution in [0.4, 0.5) is 11.4 Å². The number of pyridine rings is 2. The number of amides is 2. The minimum atomic E-state index is -0.536. The molecule has 8 heteroatoms. The van der Waals surface area contributed by atoms with Gasteiger partial charge in [0.05, 0.1) is 40.9 Å². The molecule has 1 aromatic carbocycles. The van der Waals surface area contributed by atoms with Crippen molar-refractivity contribution in [1.29, 1.82) is 0 Å². The largest absolute Gasteiger partial charge is 0.377 e. The van der Waals surface area contributed by atoms with Gasteiger partial charge in [0, 0.05) is 44.3 Å². The molecule has 2 aliphatic rings. The molecule has 2 aliphatic heterocycles. The van der Waals surface area contributed by atoms with Crippen LogP contribution in [0.2, 0.25) is 0 Å². The van der Waals surface area contributed by atoms with Gasteiger partial charge in [-0.25, -0.2) is 0 Å². The Kier molecular flexibility index (Phi) is 5.59. The Morgan fingerprint density at radius 3 is 2.69 bits per heavy atom. The number of benzene rings is 1. The molecule has 2 aromatic heterocycles. The van der Waals surface area contributed by atoms with E-state index in [0.29, 0.717) is 24.2 Å². The predicted octanol–water partition coefficient (Wildman–Crippen LogP) is 3.67. The molecule has 4 heterocycles. The van der Waals surface area contributed by atoms with Crippen molar-refractivity contribution in [3.63, 3.8) is 0 Å². The Labute approximate surface area is 204 Å². The summed E-state index contributed by atoms with van der Waals surface area (Å²) >= 11 is 0. The van der Waals surface area contributed by atoms with Crippen molar-refractivity contribution >= 4 is 29.4 Å². The van der Waals surface area contributed by atoms with Crippen LogP contribution in [0.1, 0.15) is 51.3 Å². The van der Waals surface area contributed by atoms with Crippen LogP contribution in [0.3, 0.4) is 0 Å². The second-order valence-corrected chi connectivity index (χ2v) is 9.57. The molecule has 0 bridgehead atoms. The molecule has 0 unspecified atom stereocenters. The Balaban J connectivity index is 1.31. The fourth-order valence-corrected chi connectivity index (χ4v) is 4.88. The van der Waals surface area contributed by atoms with Gasteiger partial charge in [0.25, 0.3) is 11.8 Å². The average molecular weight is 469 g/mol. The summed E-state index contributed by atoms with van der Waals surface area (Å²) in [7, 11) is 1.73. The predicted molar refractivity (Wildman–Crippen MR) is 136 cm³/mol. The number of fused-ring (bicyclic) bond motifs is 1. The van der Waals surface area contributed by atoms with Crippen molar-refractivity contribution in [2.75, 3.05) is 30.4 Å². The monoisotopic (exact) mass is 468 g/mol. The molecule has 0 aliphatic carbocycles. The number of nitrogens with zero attached hydrogens (tertiary/aromatic N) is 5. The van der Waals surface area contributed by atoms with E-state index in [0.717, 1.165) is 28.1 Å². The van der Waals surface area contributed by atoms with E-state index in [1.165, 1.54) is 0 Å². The standard InChI is InChI=1S/C27H28N6O2/c1-17-7-8-29-14-23(17)25(34)32-15-20(16-32)31-19-10-21(13-30-12-19)33-26(35)22-6-5-18(11-28-4)9-24(22)27(33,2)3/h5-14,20,31H,15-16H2,1-4H3/b28-11+. The summed E-state index contributed by atoms with van der Waals surface area (Å²) in [5.41, 5.74) is 5.20. The zero-order valence-electron chi connectivity index (χ0n) is 20.3. The van der Waals surface area contributed by atoms with Crippen LogP contribution in [0.15, 0.2) is 60.1 Å². The number of anilines is 2. The van der Waals surface area contributed by atoms with E-state index in [-0.39, 0.29) is 17.9 Å². The number of rotatable bonds is 5. The fourth-order valence-electron chi connectivity index (χ4n) is 4.88. The molecule has 8 nitrogen and oxygen atoms in total. The molecule has 5 rings (SSSR count). The summed E-state index contributed by atoms with van der Waals surface area (Å²) in [6.07, 6.45) is 8.56. The maximum absolute atomic E-state index is 13.4. The van der Waals surface area contributed by atoms with Gasteiger partial charge in [0.15, 0.2) is 0 Å². The molecule has 0 radical (unpaired) electrons. The molecule has 2 amide bonds. The Hall–Kier alpha value is -4.07. The van der Waals surface area contributed by atoms with E-state index in [1.807, 2.05) is 51.1 Å². The average Bonchev–Trinajstić information content (AvgIpc) is 3.01. The van der Waals surface area contributed by atoms with Crippen molar-refractivity contribution in [2.24, 2.45) is 4.99 Å². The highest BCUT2D eigenvalue weighted by Crippen LogP contribution is 2.42. The summed E-state index contributed by atoms with van der Waals surface area (Å²) < 4.78 is 0. The van der Waals surface area contributed by atoms with Gasteiger partial charge in [-0.3, -0.25) is 29.4 Å². The van der Waals surface area contributed by atoms with E-state index in [9.17, 15) is 9.59 Å². The second kappa shape index (κ2) is 8.61. The highest BCUT2D eigenvalue weighted by Gasteiger charge is 2.44. The first-order valence-electron chi connectivity index (χ1n) is 11.6. The lowest BCUT2D eigenvalue weighted by atomic mass is 9.92. The zero-order chi connectivity index (χ0) is 24.7. The van der Waals surface area contributed by atoms with Gasteiger partial charge in [0.2, 0.25) is 0 Å². The first-order valence-corrected chi connectivity index (χ1v) is 11.6. The van der Waals surface area contributed by atoms with Crippen LogP contribution in [0, 0.1) is 6.92 Å². The van der Waals surface area contributed by atoms with E-state index < -0.39 is 5.54 Å². The van der Waals surface area contributed by atoms with Crippen LogP contribution in [0.25, 0.3) is 0 Å². The minimum absolute atomic E-state index is 0.00445. The number of aromatic nitrogens is 2. The summed E-state index contributed by atoms with van der Waals surface area (Å²) in [5, 5.41) is 3.45. The van der Waals surface area contributed by atoms with Crippen molar-refractivity contribution in [2.45, 2.75) is 32.4 Å². The highest BCUT2D eigenvalue weighted by atomic mass is 16.2. The van der Waals surface area contributed by atoms with E-state index in [1.54, 1.807) is 47.8 Å². The summed E-state index contributed by atoms with van der Waals surface area (Å²) in [5.74, 6) is -0.0496. The third-order valence-electron chi connectivity index (χ3n) is 6.76. The number of nitrogens with one attached hydrogen (secondary N) is 1. The number of hydrogen-bond donors (Lipinski definition) is 1. The van der Waals surface area contributed by atoms with Crippen molar-refractivity contribution in [3.8, 4) is 0 Å². The van der Waals surface area contributed by atoms with Crippen LogP contribution >= 0.6 is 0 Å². The van der Waals surface area contributed by atoms with Crippen molar-refractivity contribution < 1.29 is 9.59 Å². The second-order valence-electron chi connectivity index (χ2n) is 9.57. The lowest BCUT2D eigenvalue weighted by molar-refractivity contribution is 0.0624. The van der Waals surface area contributed by atoms with Crippen LogP contribution in [-0.2, 0) is 5.54 Å². The molecule has 1 saturated heterocycles. The van der Waals surface area contributed by atoms with Gasteiger partial charge in [-0.2, -0.15) is 0 Å². The summed E-state index contributed by atoms with van der Waals surface area (Å²) in [6, 6.07) is 9.72. The quantitative estimate of drug-likeness (QED) is 0.577. The Morgan fingerprint density at radius 2 is 1.94 bits per heavy atom. The molecule has 0 saturated carbocycles. The van der Waals surface area contributed by atoms with Gasteiger partial charge >= 0.3 is 0 Å². The molecular formula is C27H28N6O2. The topological polar surface area (TPSA) is 90.8 Å². The van der Waals surface area contributed by atoms with Gasteiger partial charge < -0.3 is 10.2 Å². The van der Waals surface area contributed by atoms with Crippen molar-refractivity contribution in [1.82, 2.24) is 14.9 Å². The van der Waals surface area contributed by atoms with Crippen LogP contribution in [0.5, 0.6) is 0 Å². The maximum atomic E-state index is 13.4. The zero-order valence-corrected chi connectivity index (χ0v) is 20.3. The Morgan fingerprint density at radius 1 is 1.14 bits per heavy atom. The Bertz CT molecular complexity index is 1340. The number of carbonyl (C=O) groups excluding carboxylic acids is 2.